The van der Waals surface area contributed by atoms with Gasteiger partial charge in [0.25, 0.3) is 5.91 Å². The second kappa shape index (κ2) is 5.55. The van der Waals surface area contributed by atoms with E-state index in [2.05, 4.69) is 5.32 Å². The molecule has 0 saturated carbocycles. The number of urea groups is 1. The Morgan fingerprint density at radius 2 is 2.30 bits per heavy atom. The predicted molar refractivity (Wildman–Crippen MR) is 68.4 cm³/mol. The Kier molecular flexibility index (Phi) is 3.83. The van der Waals surface area contributed by atoms with Gasteiger partial charge in [0.05, 0.1) is 4.92 Å². The fourth-order valence-electron chi connectivity index (χ4n) is 1.82. The molecule has 1 aromatic carbocycles. The van der Waals surface area contributed by atoms with E-state index >= 15 is 0 Å². The molecule has 20 heavy (non-hydrogen) atoms. The summed E-state index contributed by atoms with van der Waals surface area (Å²) >= 11 is 0. The van der Waals surface area contributed by atoms with Gasteiger partial charge in [-0.15, -0.1) is 0 Å². The maximum absolute atomic E-state index is 11.7. The number of ether oxygens (including phenoxy) is 1. The van der Waals surface area contributed by atoms with Gasteiger partial charge in [-0.3, -0.25) is 19.8 Å². The summed E-state index contributed by atoms with van der Waals surface area (Å²) in [6.07, 6.45) is 0. The molecule has 0 spiro atoms. The van der Waals surface area contributed by atoms with Crippen molar-refractivity contribution in [3.63, 3.8) is 0 Å². The zero-order valence-corrected chi connectivity index (χ0v) is 10.8. The summed E-state index contributed by atoms with van der Waals surface area (Å²) in [6.45, 7) is 1.97. The summed E-state index contributed by atoms with van der Waals surface area (Å²) in [5.74, 6) is -0.525. The number of aryl methyl sites for hydroxylation is 1. The lowest BCUT2D eigenvalue weighted by Gasteiger charge is -2.12. The van der Waals surface area contributed by atoms with Crippen LogP contribution in [-0.2, 0) is 4.79 Å². The minimum atomic E-state index is -0.574. The fourth-order valence-corrected chi connectivity index (χ4v) is 1.82. The molecule has 1 N–H and O–H groups in total. The van der Waals surface area contributed by atoms with Gasteiger partial charge in [-0.05, 0) is 18.6 Å². The minimum absolute atomic E-state index is 0.00792. The molecule has 0 aromatic heterocycles. The monoisotopic (exact) mass is 279 g/mol. The Bertz CT molecular complexity index is 572. The van der Waals surface area contributed by atoms with Crippen molar-refractivity contribution < 1.29 is 19.2 Å². The predicted octanol–water partition coefficient (Wildman–Crippen LogP) is 0.834. The number of imide groups is 1. The van der Waals surface area contributed by atoms with E-state index < -0.39 is 23.5 Å². The summed E-state index contributed by atoms with van der Waals surface area (Å²) in [4.78, 5) is 34.4. The van der Waals surface area contributed by atoms with Crippen LogP contribution in [0.25, 0.3) is 0 Å². The van der Waals surface area contributed by atoms with Crippen LogP contribution in [0.3, 0.4) is 0 Å². The summed E-state index contributed by atoms with van der Waals surface area (Å²) in [5.41, 5.74) is 0.512. The van der Waals surface area contributed by atoms with Crippen molar-refractivity contribution in [3.05, 3.63) is 33.9 Å². The highest BCUT2D eigenvalue weighted by molar-refractivity contribution is 5.96. The largest absolute Gasteiger partial charge is 0.477 e. The van der Waals surface area contributed by atoms with Crippen molar-refractivity contribution >= 4 is 17.6 Å². The maximum atomic E-state index is 11.7. The Hall–Kier alpha value is -2.64. The second-order valence-electron chi connectivity index (χ2n) is 4.29. The number of benzene rings is 1. The van der Waals surface area contributed by atoms with Gasteiger partial charge in [-0.2, -0.15) is 0 Å². The zero-order valence-electron chi connectivity index (χ0n) is 10.8. The van der Waals surface area contributed by atoms with Crippen molar-refractivity contribution in [1.29, 1.82) is 0 Å². The molecule has 3 amide bonds. The highest BCUT2D eigenvalue weighted by Gasteiger charge is 2.27. The first kappa shape index (κ1) is 13.8. The third kappa shape index (κ3) is 2.85. The van der Waals surface area contributed by atoms with E-state index in [1.807, 2.05) is 0 Å². The van der Waals surface area contributed by atoms with Gasteiger partial charge >= 0.3 is 11.7 Å². The van der Waals surface area contributed by atoms with Crippen molar-refractivity contribution in [2.24, 2.45) is 0 Å². The molecule has 0 unspecified atom stereocenters. The Morgan fingerprint density at radius 1 is 1.55 bits per heavy atom. The van der Waals surface area contributed by atoms with Gasteiger partial charge in [-0.25, -0.2) is 4.79 Å². The molecule has 8 nitrogen and oxygen atoms in total. The number of hydrogen-bond acceptors (Lipinski definition) is 5. The molecule has 0 atom stereocenters. The molecule has 0 radical (unpaired) electrons. The number of carbonyl (C=O) groups excluding carboxylic acids is 2. The lowest BCUT2D eigenvalue weighted by atomic mass is 10.2. The minimum Gasteiger partial charge on any atom is -0.477 e. The zero-order chi connectivity index (χ0) is 14.7. The Balaban J connectivity index is 2.05. The standard InChI is InChI=1S/C12H13N3O5/c1-8-2-3-10(9(6-8)15(18)19)20-7-11(16)14-5-4-13-12(14)17/h2-3,6H,4-5,7H2,1H3,(H,13,17). The SMILES string of the molecule is Cc1ccc(OCC(=O)N2CCNC2=O)c([N+](=O)[O-])c1. The lowest BCUT2D eigenvalue weighted by molar-refractivity contribution is -0.385. The molecule has 8 heteroatoms. The average Bonchev–Trinajstić information content (AvgIpc) is 2.83. The van der Waals surface area contributed by atoms with E-state index in [-0.39, 0.29) is 18.0 Å². The van der Waals surface area contributed by atoms with Crippen molar-refractivity contribution in [1.82, 2.24) is 10.2 Å². The van der Waals surface area contributed by atoms with Crippen LogP contribution in [0.2, 0.25) is 0 Å². The van der Waals surface area contributed by atoms with Crippen LogP contribution in [-0.4, -0.2) is 41.5 Å². The van der Waals surface area contributed by atoms with Crippen LogP contribution in [0.15, 0.2) is 18.2 Å². The topological polar surface area (TPSA) is 102 Å². The first-order valence-corrected chi connectivity index (χ1v) is 5.95. The molecule has 1 aliphatic rings. The Labute approximate surface area is 114 Å². The first-order valence-electron chi connectivity index (χ1n) is 5.95. The molecule has 0 bridgehead atoms. The smallest absolute Gasteiger partial charge is 0.324 e. The van der Waals surface area contributed by atoms with Gasteiger partial charge in [0.15, 0.2) is 12.4 Å². The number of nitrogens with one attached hydrogen (secondary N) is 1. The first-order chi connectivity index (χ1) is 9.49. The van der Waals surface area contributed by atoms with Gasteiger partial charge in [0, 0.05) is 19.2 Å². The average molecular weight is 279 g/mol. The van der Waals surface area contributed by atoms with E-state index in [0.29, 0.717) is 12.1 Å². The van der Waals surface area contributed by atoms with Crippen LogP contribution in [0.1, 0.15) is 5.56 Å². The number of rotatable bonds is 4. The van der Waals surface area contributed by atoms with E-state index in [9.17, 15) is 19.7 Å². The number of hydrogen-bond donors (Lipinski definition) is 1. The van der Waals surface area contributed by atoms with E-state index in [4.69, 9.17) is 4.74 Å². The molecule has 1 aromatic rings. The number of nitrogens with zero attached hydrogens (tertiary/aromatic N) is 2. The molecule has 1 saturated heterocycles. The van der Waals surface area contributed by atoms with Gasteiger partial charge in [0.1, 0.15) is 0 Å². The van der Waals surface area contributed by atoms with E-state index in [1.54, 1.807) is 13.0 Å². The molecule has 0 aliphatic carbocycles. The highest BCUT2D eigenvalue weighted by atomic mass is 16.6. The summed E-state index contributed by atoms with van der Waals surface area (Å²) in [6, 6.07) is 3.97. The Morgan fingerprint density at radius 3 is 2.90 bits per heavy atom. The maximum Gasteiger partial charge on any atom is 0.324 e. The number of nitro benzene ring substituents is 1. The molecule has 1 fully saturated rings. The van der Waals surface area contributed by atoms with Crippen molar-refractivity contribution in [2.75, 3.05) is 19.7 Å². The quantitative estimate of drug-likeness (QED) is 0.649. The fraction of sp³-hybridized carbons (Fsp3) is 0.333. The molecule has 1 heterocycles. The highest BCUT2D eigenvalue weighted by Crippen LogP contribution is 2.27. The number of carbonyl (C=O) groups is 2. The normalized spacial score (nSPS) is 14.1. The summed E-state index contributed by atoms with van der Waals surface area (Å²) in [5, 5.41) is 13.4. The van der Waals surface area contributed by atoms with Gasteiger partial charge < -0.3 is 10.1 Å². The third-order valence-electron chi connectivity index (χ3n) is 2.82. The van der Waals surface area contributed by atoms with Crippen LogP contribution >= 0.6 is 0 Å². The lowest BCUT2D eigenvalue weighted by Crippen LogP contribution is -2.37. The van der Waals surface area contributed by atoms with Crippen LogP contribution in [0, 0.1) is 17.0 Å². The van der Waals surface area contributed by atoms with Crippen molar-refractivity contribution in [3.8, 4) is 5.75 Å². The summed E-state index contributed by atoms with van der Waals surface area (Å²) < 4.78 is 5.16. The molecule has 106 valence electrons. The van der Waals surface area contributed by atoms with Gasteiger partial charge in [0.2, 0.25) is 0 Å². The van der Waals surface area contributed by atoms with Crippen molar-refractivity contribution in [2.45, 2.75) is 6.92 Å². The second-order valence-corrected chi connectivity index (χ2v) is 4.29. The number of nitro groups is 1. The van der Waals surface area contributed by atoms with Crippen LogP contribution < -0.4 is 10.1 Å². The number of amides is 3. The molecule has 2 rings (SSSR count). The molecular weight excluding hydrogens is 266 g/mol. The van der Waals surface area contributed by atoms with E-state index in [0.717, 1.165) is 4.90 Å². The molecular formula is C12H13N3O5. The van der Waals surface area contributed by atoms with Crippen LogP contribution in [0.4, 0.5) is 10.5 Å². The van der Waals surface area contributed by atoms with E-state index in [1.165, 1.54) is 12.1 Å². The summed E-state index contributed by atoms with van der Waals surface area (Å²) in [7, 11) is 0. The molecule has 1 aliphatic heterocycles. The third-order valence-corrected chi connectivity index (χ3v) is 2.82. The van der Waals surface area contributed by atoms with Gasteiger partial charge in [-0.1, -0.05) is 6.07 Å². The van der Waals surface area contributed by atoms with Crippen LogP contribution in [0.5, 0.6) is 5.75 Å².